The van der Waals surface area contributed by atoms with Crippen LogP contribution in [0.5, 0.6) is 17.2 Å². The lowest BCUT2D eigenvalue weighted by Gasteiger charge is -2.43. The van der Waals surface area contributed by atoms with Crippen molar-refractivity contribution in [3.8, 4) is 50.6 Å². The second-order valence-corrected chi connectivity index (χ2v) is 19.7. The van der Waals surface area contributed by atoms with Gasteiger partial charge in [-0.25, -0.2) is 0 Å². The molecule has 0 saturated heterocycles. The van der Waals surface area contributed by atoms with E-state index in [4.69, 9.17) is 14.1 Å². The molecule has 2 heterocycles. The molecule has 0 aromatic heterocycles. The van der Waals surface area contributed by atoms with Gasteiger partial charge < -0.3 is 19.0 Å². The number of hydrogen-bond donors (Lipinski definition) is 0. The standard InChI is InChI=1S/C63H70BNO3/c1-9-13-17-29-50(11-3)66-60-42-61(67-51(12-4)30-18-14-10-2)44(6)62(43(60)5)64-56-36-35-49(41-53(56)52-31-23-24-32-59(52)68-64)65-57-37-33-47(45-25-19-15-20-26-45)39-54(57)63(7,8)55-40-48(34-38-58(55)65)46-27-21-16-22-28-46/h15-16,19-28,31-42,50-51H,9-14,17-18,29-30H2,1-8H3. The van der Waals surface area contributed by atoms with Crippen molar-refractivity contribution in [1.29, 1.82) is 0 Å². The average Bonchev–Trinajstić information content (AvgIpc) is 3.37. The van der Waals surface area contributed by atoms with Gasteiger partial charge in [-0.15, -0.1) is 0 Å². The molecule has 2 aliphatic rings. The van der Waals surface area contributed by atoms with Crippen LogP contribution in [0, 0.1) is 13.8 Å². The molecule has 0 fully saturated rings. The molecule has 0 N–H and O–H groups in total. The molecule has 0 radical (unpaired) electrons. The van der Waals surface area contributed by atoms with E-state index in [1.54, 1.807) is 0 Å². The zero-order chi connectivity index (χ0) is 47.4. The summed E-state index contributed by atoms with van der Waals surface area (Å²) < 4.78 is 21.4. The molecule has 7 aromatic rings. The average molecular weight is 900 g/mol. The first-order chi connectivity index (χ1) is 33.1. The molecule has 7 aromatic carbocycles. The maximum absolute atomic E-state index is 7.25. The van der Waals surface area contributed by atoms with Gasteiger partial charge in [-0.2, -0.15) is 0 Å². The summed E-state index contributed by atoms with van der Waals surface area (Å²) in [6, 6.07) is 53.5. The molecule has 2 unspecified atom stereocenters. The van der Waals surface area contributed by atoms with E-state index in [2.05, 4.69) is 206 Å². The third kappa shape index (κ3) is 9.22. The Morgan fingerprint density at radius 2 is 1.04 bits per heavy atom. The van der Waals surface area contributed by atoms with Gasteiger partial charge >= 0.3 is 6.92 Å². The molecule has 348 valence electrons. The molecule has 2 aliphatic heterocycles. The number of hydrogen-bond acceptors (Lipinski definition) is 4. The quantitative estimate of drug-likeness (QED) is 0.0634. The zero-order valence-electron chi connectivity index (χ0n) is 41.8. The maximum Gasteiger partial charge on any atom is 0.427 e. The molecule has 0 bridgehead atoms. The van der Waals surface area contributed by atoms with Crippen LogP contribution in [-0.2, 0) is 5.41 Å². The summed E-state index contributed by atoms with van der Waals surface area (Å²) in [5, 5.41) is 0. The summed E-state index contributed by atoms with van der Waals surface area (Å²) in [5.74, 6) is 2.69. The molecule has 0 amide bonds. The van der Waals surface area contributed by atoms with Crippen molar-refractivity contribution in [2.75, 3.05) is 4.90 Å². The Morgan fingerprint density at radius 3 is 1.56 bits per heavy atom. The van der Waals surface area contributed by atoms with Gasteiger partial charge in [0.05, 0.1) is 23.6 Å². The molecular weight excluding hydrogens is 830 g/mol. The van der Waals surface area contributed by atoms with Gasteiger partial charge in [-0.3, -0.25) is 0 Å². The summed E-state index contributed by atoms with van der Waals surface area (Å²) in [5.41, 5.74) is 17.5. The van der Waals surface area contributed by atoms with Gasteiger partial charge in [-0.1, -0.05) is 164 Å². The number of benzene rings is 7. The van der Waals surface area contributed by atoms with Crippen LogP contribution >= 0.6 is 0 Å². The smallest absolute Gasteiger partial charge is 0.427 e. The predicted octanol–water partition coefficient (Wildman–Crippen LogP) is 16.4. The third-order valence-electron chi connectivity index (χ3n) is 14.9. The fourth-order valence-electron chi connectivity index (χ4n) is 10.8. The first-order valence-electron chi connectivity index (χ1n) is 25.7. The van der Waals surface area contributed by atoms with Crippen LogP contribution in [0.25, 0.3) is 33.4 Å². The Labute approximate surface area is 407 Å². The van der Waals surface area contributed by atoms with Crippen LogP contribution in [0.4, 0.5) is 17.1 Å². The molecule has 5 heteroatoms. The number of unbranched alkanes of at least 4 members (excludes halogenated alkanes) is 4. The maximum atomic E-state index is 7.25. The van der Waals surface area contributed by atoms with Crippen molar-refractivity contribution in [2.45, 2.75) is 137 Å². The topological polar surface area (TPSA) is 30.9 Å². The lowest BCUT2D eigenvalue weighted by atomic mass is 9.50. The van der Waals surface area contributed by atoms with E-state index >= 15 is 0 Å². The zero-order valence-corrected chi connectivity index (χ0v) is 41.8. The van der Waals surface area contributed by atoms with Crippen molar-refractivity contribution >= 4 is 34.9 Å². The van der Waals surface area contributed by atoms with Gasteiger partial charge in [0.2, 0.25) is 0 Å². The van der Waals surface area contributed by atoms with Crippen LogP contribution in [0.15, 0.2) is 146 Å². The predicted molar refractivity (Wildman–Crippen MR) is 289 cm³/mol. The minimum absolute atomic E-state index is 0.130. The van der Waals surface area contributed by atoms with Crippen LogP contribution < -0.4 is 30.0 Å². The lowest BCUT2D eigenvalue weighted by molar-refractivity contribution is 0.171. The van der Waals surface area contributed by atoms with Crippen LogP contribution in [0.2, 0.25) is 0 Å². The highest BCUT2D eigenvalue weighted by Gasteiger charge is 2.40. The normalized spacial score (nSPS) is 14.2. The minimum Gasteiger partial charge on any atom is -0.551 e. The van der Waals surface area contributed by atoms with Gasteiger partial charge in [0.1, 0.15) is 17.2 Å². The summed E-state index contributed by atoms with van der Waals surface area (Å²) in [6.07, 6.45) is 11.4. The Bertz CT molecular complexity index is 2710. The molecule has 0 aliphatic carbocycles. The fourth-order valence-corrected chi connectivity index (χ4v) is 10.8. The molecule has 4 nitrogen and oxygen atoms in total. The first kappa shape index (κ1) is 46.9. The third-order valence-corrected chi connectivity index (χ3v) is 14.9. The van der Waals surface area contributed by atoms with E-state index in [1.807, 2.05) is 0 Å². The number of rotatable bonds is 18. The summed E-state index contributed by atoms with van der Waals surface area (Å²) >= 11 is 0. The van der Waals surface area contributed by atoms with Crippen molar-refractivity contribution in [1.82, 2.24) is 0 Å². The van der Waals surface area contributed by atoms with Gasteiger partial charge in [0.15, 0.2) is 0 Å². The molecular formula is C63H70BNO3. The van der Waals surface area contributed by atoms with E-state index in [-0.39, 0.29) is 24.5 Å². The number of fused-ring (bicyclic) bond motifs is 5. The molecule has 9 rings (SSSR count). The van der Waals surface area contributed by atoms with E-state index in [9.17, 15) is 0 Å². The summed E-state index contributed by atoms with van der Waals surface area (Å²) in [7, 11) is 0. The van der Waals surface area contributed by atoms with Gasteiger partial charge in [0.25, 0.3) is 0 Å². The van der Waals surface area contributed by atoms with Crippen molar-refractivity contribution < 1.29 is 14.1 Å². The highest BCUT2D eigenvalue weighted by atomic mass is 16.5. The van der Waals surface area contributed by atoms with Crippen molar-refractivity contribution in [2.24, 2.45) is 0 Å². The summed E-state index contributed by atoms with van der Waals surface area (Å²) in [6.45, 7) is 17.9. The van der Waals surface area contributed by atoms with Crippen molar-refractivity contribution in [3.05, 3.63) is 168 Å². The van der Waals surface area contributed by atoms with Crippen LogP contribution in [0.3, 0.4) is 0 Å². The minimum atomic E-state index is -0.373. The number of anilines is 3. The highest BCUT2D eigenvalue weighted by molar-refractivity contribution is 6.83. The lowest BCUT2D eigenvalue weighted by Crippen LogP contribution is -2.52. The SMILES string of the molecule is CCCCCC(CC)Oc1cc(OC(CC)CCCCC)c(C)c(B2Oc3ccccc3-c3cc(N4c5ccc(-c6ccccc6)cc5C(C)(C)c5cc(-c6ccccc6)ccc54)ccc32)c1C. The van der Waals surface area contributed by atoms with E-state index in [0.717, 1.165) is 89.1 Å². The Morgan fingerprint density at radius 1 is 0.529 bits per heavy atom. The molecule has 0 spiro atoms. The molecule has 2 atom stereocenters. The van der Waals surface area contributed by atoms with Crippen LogP contribution in [-0.4, -0.2) is 19.1 Å². The Balaban J connectivity index is 1.20. The summed E-state index contributed by atoms with van der Waals surface area (Å²) in [4.78, 5) is 2.50. The second-order valence-electron chi connectivity index (χ2n) is 19.7. The molecule has 68 heavy (non-hydrogen) atoms. The number of nitrogens with zero attached hydrogens (tertiary/aromatic N) is 1. The Hall–Kier alpha value is -6.20. The van der Waals surface area contributed by atoms with E-state index < -0.39 is 0 Å². The highest BCUT2D eigenvalue weighted by Crippen LogP contribution is 2.54. The van der Waals surface area contributed by atoms with E-state index in [0.29, 0.717) is 0 Å². The van der Waals surface area contributed by atoms with Crippen LogP contribution in [0.1, 0.15) is 128 Å². The monoisotopic (exact) mass is 900 g/mol. The Kier molecular flexibility index (Phi) is 14.2. The molecule has 0 saturated carbocycles. The number of ether oxygens (including phenoxy) is 2. The second kappa shape index (κ2) is 20.6. The first-order valence-corrected chi connectivity index (χ1v) is 25.7. The van der Waals surface area contributed by atoms with Gasteiger partial charge in [-0.05, 0) is 156 Å². The fraction of sp³-hybridized carbons (Fsp3) is 0.333. The van der Waals surface area contributed by atoms with Gasteiger partial charge in [0, 0.05) is 22.7 Å². The largest absolute Gasteiger partial charge is 0.551 e. The van der Waals surface area contributed by atoms with Crippen molar-refractivity contribution in [3.63, 3.8) is 0 Å². The number of para-hydroxylation sites is 1. The van der Waals surface area contributed by atoms with E-state index in [1.165, 1.54) is 76.0 Å².